The summed E-state index contributed by atoms with van der Waals surface area (Å²) in [5, 5.41) is 2.87. The highest BCUT2D eigenvalue weighted by atomic mass is 16.5. The zero-order valence-corrected chi connectivity index (χ0v) is 15.4. The van der Waals surface area contributed by atoms with Gasteiger partial charge in [0.25, 0.3) is 5.91 Å². The molecule has 1 N–H and O–H groups in total. The highest BCUT2D eigenvalue weighted by Gasteiger charge is 2.20. The molecule has 0 spiro atoms. The number of hydrogen-bond acceptors (Lipinski definition) is 4. The fourth-order valence-corrected chi connectivity index (χ4v) is 2.39. The van der Waals surface area contributed by atoms with Crippen LogP contribution in [0.4, 0.5) is 5.69 Å². The van der Waals surface area contributed by atoms with Gasteiger partial charge in [0, 0.05) is 6.07 Å². The lowest BCUT2D eigenvalue weighted by Crippen LogP contribution is -2.32. The zero-order chi connectivity index (χ0) is 18.4. The van der Waals surface area contributed by atoms with Gasteiger partial charge in [-0.1, -0.05) is 13.0 Å². The number of amides is 1. The maximum Gasteiger partial charge on any atom is 0.265 e. The Labute approximate surface area is 148 Å². The van der Waals surface area contributed by atoms with E-state index in [0.29, 0.717) is 29.4 Å². The third-order valence-corrected chi connectivity index (χ3v) is 4.09. The summed E-state index contributed by atoms with van der Waals surface area (Å²) in [6.45, 7) is 5.97. The molecule has 2 aromatic carbocycles. The Bertz CT molecular complexity index is 742. The first-order valence-corrected chi connectivity index (χ1v) is 8.25. The van der Waals surface area contributed by atoms with Gasteiger partial charge in [-0.05, 0) is 55.7 Å². The SMILES string of the molecule is CC[C@H](Oc1ccc(C)c(C)c1)C(=O)Nc1ccc(OC)cc1OC. The van der Waals surface area contributed by atoms with Gasteiger partial charge in [0.2, 0.25) is 0 Å². The van der Waals surface area contributed by atoms with Gasteiger partial charge in [-0.3, -0.25) is 4.79 Å². The van der Waals surface area contributed by atoms with Crippen LogP contribution >= 0.6 is 0 Å². The van der Waals surface area contributed by atoms with Gasteiger partial charge in [-0.15, -0.1) is 0 Å². The van der Waals surface area contributed by atoms with E-state index in [9.17, 15) is 4.79 Å². The topological polar surface area (TPSA) is 56.8 Å². The molecule has 5 heteroatoms. The summed E-state index contributed by atoms with van der Waals surface area (Å²) in [4.78, 5) is 12.6. The summed E-state index contributed by atoms with van der Waals surface area (Å²) in [7, 11) is 3.13. The molecular formula is C20H25NO4. The summed E-state index contributed by atoms with van der Waals surface area (Å²) < 4.78 is 16.4. The smallest absolute Gasteiger partial charge is 0.265 e. The monoisotopic (exact) mass is 343 g/mol. The summed E-state index contributed by atoms with van der Waals surface area (Å²) >= 11 is 0. The Morgan fingerprint density at radius 3 is 2.32 bits per heavy atom. The third-order valence-electron chi connectivity index (χ3n) is 4.09. The number of benzene rings is 2. The molecule has 2 aromatic rings. The van der Waals surface area contributed by atoms with Crippen LogP contribution in [0.25, 0.3) is 0 Å². The number of carbonyl (C=O) groups excluding carboxylic acids is 1. The summed E-state index contributed by atoms with van der Waals surface area (Å²) in [5.41, 5.74) is 2.90. The van der Waals surface area contributed by atoms with Gasteiger partial charge in [-0.2, -0.15) is 0 Å². The molecule has 2 rings (SSSR count). The highest BCUT2D eigenvalue weighted by Crippen LogP contribution is 2.29. The molecule has 1 amide bonds. The van der Waals surface area contributed by atoms with Gasteiger partial charge in [0.1, 0.15) is 17.2 Å². The van der Waals surface area contributed by atoms with Crippen LogP contribution in [0.2, 0.25) is 0 Å². The van der Waals surface area contributed by atoms with Crippen LogP contribution in [-0.2, 0) is 4.79 Å². The molecule has 0 bridgehead atoms. The number of methoxy groups -OCH3 is 2. The zero-order valence-electron chi connectivity index (χ0n) is 15.4. The van der Waals surface area contributed by atoms with Crippen molar-refractivity contribution in [3.8, 4) is 17.2 Å². The molecule has 134 valence electrons. The van der Waals surface area contributed by atoms with Crippen molar-refractivity contribution in [1.82, 2.24) is 0 Å². The van der Waals surface area contributed by atoms with Crippen molar-refractivity contribution in [2.45, 2.75) is 33.3 Å². The average molecular weight is 343 g/mol. The second kappa shape index (κ2) is 8.42. The van der Waals surface area contributed by atoms with Crippen LogP contribution < -0.4 is 19.5 Å². The molecule has 0 aliphatic rings. The molecule has 0 saturated carbocycles. The van der Waals surface area contributed by atoms with Crippen LogP contribution in [0.3, 0.4) is 0 Å². The van der Waals surface area contributed by atoms with Gasteiger partial charge in [-0.25, -0.2) is 0 Å². The fraction of sp³-hybridized carbons (Fsp3) is 0.350. The predicted molar refractivity (Wildman–Crippen MR) is 98.8 cm³/mol. The Morgan fingerprint density at radius 1 is 1.00 bits per heavy atom. The van der Waals surface area contributed by atoms with Crippen LogP contribution in [0.5, 0.6) is 17.2 Å². The standard InChI is InChI=1S/C20H25NO4/c1-6-18(25-16-8-7-13(2)14(3)11-16)20(22)21-17-10-9-15(23-4)12-19(17)24-5/h7-12,18H,6H2,1-5H3,(H,21,22)/t18-/m0/s1. The van der Waals surface area contributed by atoms with E-state index >= 15 is 0 Å². The second-order valence-corrected chi connectivity index (χ2v) is 5.82. The van der Waals surface area contributed by atoms with Gasteiger partial charge in [0.15, 0.2) is 6.10 Å². The van der Waals surface area contributed by atoms with Crippen molar-refractivity contribution < 1.29 is 19.0 Å². The molecule has 0 aliphatic carbocycles. The minimum Gasteiger partial charge on any atom is -0.497 e. The van der Waals surface area contributed by atoms with Crippen LogP contribution in [0.1, 0.15) is 24.5 Å². The first kappa shape index (κ1) is 18.6. The number of carbonyl (C=O) groups is 1. The molecule has 5 nitrogen and oxygen atoms in total. The largest absolute Gasteiger partial charge is 0.497 e. The molecule has 25 heavy (non-hydrogen) atoms. The first-order valence-electron chi connectivity index (χ1n) is 8.25. The fourth-order valence-electron chi connectivity index (χ4n) is 2.39. The van der Waals surface area contributed by atoms with Gasteiger partial charge >= 0.3 is 0 Å². The molecular weight excluding hydrogens is 318 g/mol. The molecule has 0 radical (unpaired) electrons. The van der Waals surface area contributed by atoms with Crippen LogP contribution in [0, 0.1) is 13.8 Å². The molecule has 0 saturated heterocycles. The number of anilines is 1. The lowest BCUT2D eigenvalue weighted by molar-refractivity contribution is -0.122. The number of hydrogen-bond donors (Lipinski definition) is 1. The van der Waals surface area contributed by atoms with Gasteiger partial charge in [0.05, 0.1) is 19.9 Å². The summed E-state index contributed by atoms with van der Waals surface area (Å²) in [6.07, 6.45) is -0.0362. The highest BCUT2D eigenvalue weighted by molar-refractivity contribution is 5.95. The van der Waals surface area contributed by atoms with E-state index < -0.39 is 6.10 Å². The molecule has 0 fully saturated rings. The van der Waals surface area contributed by atoms with Gasteiger partial charge < -0.3 is 19.5 Å². The maximum absolute atomic E-state index is 12.6. The number of ether oxygens (including phenoxy) is 3. The minimum absolute atomic E-state index is 0.218. The molecule has 0 unspecified atom stereocenters. The summed E-state index contributed by atoms with van der Waals surface area (Å²) in [6, 6.07) is 11.1. The van der Waals surface area contributed by atoms with E-state index in [1.807, 2.05) is 39.0 Å². The van der Waals surface area contributed by atoms with E-state index in [4.69, 9.17) is 14.2 Å². The quantitative estimate of drug-likeness (QED) is 0.822. The number of rotatable bonds is 7. The van der Waals surface area contributed by atoms with E-state index in [-0.39, 0.29) is 5.91 Å². The Kier molecular flexibility index (Phi) is 6.28. The maximum atomic E-state index is 12.6. The van der Waals surface area contributed by atoms with Crippen LogP contribution in [0.15, 0.2) is 36.4 Å². The van der Waals surface area contributed by atoms with E-state index in [0.717, 1.165) is 5.56 Å². The van der Waals surface area contributed by atoms with Crippen molar-refractivity contribution >= 4 is 11.6 Å². The van der Waals surface area contributed by atoms with E-state index in [1.165, 1.54) is 5.56 Å². The molecule has 0 heterocycles. The minimum atomic E-state index is -0.589. The number of nitrogens with one attached hydrogen (secondary N) is 1. The third kappa shape index (κ3) is 4.66. The van der Waals surface area contributed by atoms with Crippen molar-refractivity contribution in [2.24, 2.45) is 0 Å². The predicted octanol–water partition coefficient (Wildman–Crippen LogP) is 4.12. The first-order chi connectivity index (χ1) is 12.0. The normalized spacial score (nSPS) is 11.6. The Balaban J connectivity index is 2.13. The Hall–Kier alpha value is -2.69. The lowest BCUT2D eigenvalue weighted by atomic mass is 10.1. The van der Waals surface area contributed by atoms with E-state index in [2.05, 4.69) is 5.32 Å². The van der Waals surface area contributed by atoms with Crippen molar-refractivity contribution in [1.29, 1.82) is 0 Å². The summed E-state index contributed by atoms with van der Waals surface area (Å²) in [5.74, 6) is 1.66. The second-order valence-electron chi connectivity index (χ2n) is 5.82. The average Bonchev–Trinajstić information content (AvgIpc) is 2.62. The Morgan fingerprint density at radius 2 is 1.72 bits per heavy atom. The molecule has 1 atom stereocenters. The molecule has 0 aromatic heterocycles. The van der Waals surface area contributed by atoms with Crippen molar-refractivity contribution in [2.75, 3.05) is 19.5 Å². The van der Waals surface area contributed by atoms with E-state index in [1.54, 1.807) is 32.4 Å². The van der Waals surface area contributed by atoms with Crippen molar-refractivity contribution in [3.05, 3.63) is 47.5 Å². The lowest BCUT2D eigenvalue weighted by Gasteiger charge is -2.19. The number of aryl methyl sites for hydroxylation is 2. The van der Waals surface area contributed by atoms with Crippen LogP contribution in [-0.4, -0.2) is 26.2 Å². The van der Waals surface area contributed by atoms with Crippen molar-refractivity contribution in [3.63, 3.8) is 0 Å². The molecule has 0 aliphatic heterocycles.